The van der Waals surface area contributed by atoms with Gasteiger partial charge in [-0.15, -0.1) is 0 Å². The Hall–Kier alpha value is -1.78. The van der Waals surface area contributed by atoms with Crippen LogP contribution in [0.15, 0.2) is 21.2 Å². The van der Waals surface area contributed by atoms with E-state index >= 15 is 0 Å². The molecule has 0 aromatic carbocycles. The topological polar surface area (TPSA) is 62.5 Å². The van der Waals surface area contributed by atoms with Crippen LogP contribution in [0, 0.1) is 13.8 Å². The van der Waals surface area contributed by atoms with Crippen LogP contribution in [0.2, 0.25) is 0 Å². The molecule has 0 atom stereocenters. The minimum absolute atomic E-state index is 0.684. The Labute approximate surface area is 126 Å². The molecule has 0 radical (unpaired) electrons. The lowest BCUT2D eigenvalue weighted by Crippen LogP contribution is -2.37. The van der Waals surface area contributed by atoms with Gasteiger partial charge in [0.1, 0.15) is 5.76 Å². The Morgan fingerprint density at radius 3 is 2.81 bits per heavy atom. The molecule has 0 amide bonds. The van der Waals surface area contributed by atoms with Gasteiger partial charge in [0.25, 0.3) is 0 Å². The maximum absolute atomic E-state index is 5.16. The minimum Gasteiger partial charge on any atom is -0.361 e. The third-order valence-corrected chi connectivity index (χ3v) is 3.96. The SMILES string of the molecule is CN=C(NCCC1=CCCCC1)NCc1c(C)noc1C. The zero-order chi connectivity index (χ0) is 15.1. The number of rotatable bonds is 5. The molecule has 0 aliphatic heterocycles. The van der Waals surface area contributed by atoms with E-state index in [2.05, 4.69) is 26.9 Å². The molecule has 21 heavy (non-hydrogen) atoms. The average molecular weight is 290 g/mol. The molecule has 2 rings (SSSR count). The minimum atomic E-state index is 0.684. The molecule has 0 spiro atoms. The average Bonchev–Trinajstić information content (AvgIpc) is 2.83. The van der Waals surface area contributed by atoms with Gasteiger partial charge in [0.15, 0.2) is 5.96 Å². The van der Waals surface area contributed by atoms with E-state index in [1.807, 2.05) is 13.8 Å². The van der Waals surface area contributed by atoms with Gasteiger partial charge in [0.05, 0.1) is 5.69 Å². The third-order valence-electron chi connectivity index (χ3n) is 3.96. The van der Waals surface area contributed by atoms with Crippen molar-refractivity contribution in [1.82, 2.24) is 15.8 Å². The summed E-state index contributed by atoms with van der Waals surface area (Å²) >= 11 is 0. The number of nitrogens with zero attached hydrogens (tertiary/aromatic N) is 2. The van der Waals surface area contributed by atoms with Crippen molar-refractivity contribution in [2.75, 3.05) is 13.6 Å². The van der Waals surface area contributed by atoms with Crippen molar-refractivity contribution >= 4 is 5.96 Å². The van der Waals surface area contributed by atoms with E-state index in [1.54, 1.807) is 12.6 Å². The third kappa shape index (κ3) is 4.62. The smallest absolute Gasteiger partial charge is 0.191 e. The van der Waals surface area contributed by atoms with Crippen molar-refractivity contribution in [1.29, 1.82) is 0 Å². The molecule has 116 valence electrons. The van der Waals surface area contributed by atoms with Crippen LogP contribution in [-0.2, 0) is 6.54 Å². The Bertz CT molecular complexity index is 497. The maximum Gasteiger partial charge on any atom is 0.191 e. The van der Waals surface area contributed by atoms with Crippen LogP contribution in [0.4, 0.5) is 0 Å². The number of hydrogen-bond donors (Lipinski definition) is 2. The number of aryl methyl sites for hydroxylation is 2. The number of allylic oxidation sites excluding steroid dienone is 1. The highest BCUT2D eigenvalue weighted by Crippen LogP contribution is 2.19. The summed E-state index contributed by atoms with van der Waals surface area (Å²) in [5.74, 6) is 1.69. The monoisotopic (exact) mass is 290 g/mol. The van der Waals surface area contributed by atoms with Gasteiger partial charge < -0.3 is 15.2 Å². The molecule has 0 saturated heterocycles. The van der Waals surface area contributed by atoms with Gasteiger partial charge in [0, 0.05) is 25.7 Å². The highest BCUT2D eigenvalue weighted by molar-refractivity contribution is 5.79. The molecule has 0 bridgehead atoms. The van der Waals surface area contributed by atoms with E-state index in [9.17, 15) is 0 Å². The van der Waals surface area contributed by atoms with E-state index in [0.717, 1.165) is 35.9 Å². The Morgan fingerprint density at radius 2 is 2.19 bits per heavy atom. The van der Waals surface area contributed by atoms with Crippen LogP contribution in [0.3, 0.4) is 0 Å². The molecular weight excluding hydrogens is 264 g/mol. The summed E-state index contributed by atoms with van der Waals surface area (Å²) in [6.45, 7) is 5.50. The summed E-state index contributed by atoms with van der Waals surface area (Å²) in [5.41, 5.74) is 3.62. The van der Waals surface area contributed by atoms with E-state index in [0.29, 0.717) is 6.54 Å². The van der Waals surface area contributed by atoms with Gasteiger partial charge in [-0.2, -0.15) is 0 Å². The van der Waals surface area contributed by atoms with Crippen molar-refractivity contribution in [2.45, 2.75) is 52.5 Å². The Morgan fingerprint density at radius 1 is 1.33 bits per heavy atom. The van der Waals surface area contributed by atoms with Crippen molar-refractivity contribution in [3.05, 3.63) is 28.7 Å². The normalized spacial score (nSPS) is 15.8. The summed E-state index contributed by atoms with van der Waals surface area (Å²) in [6, 6.07) is 0. The molecule has 1 aromatic rings. The standard InChI is InChI=1S/C16H26N4O/c1-12-15(13(2)21-20-12)11-19-16(17-3)18-10-9-14-7-5-4-6-8-14/h7H,4-6,8-11H2,1-3H3,(H2,17,18,19). The quantitative estimate of drug-likeness (QED) is 0.497. The molecule has 0 unspecified atom stereocenters. The number of nitrogens with one attached hydrogen (secondary N) is 2. The van der Waals surface area contributed by atoms with Crippen molar-refractivity contribution in [3.63, 3.8) is 0 Å². The van der Waals surface area contributed by atoms with Gasteiger partial charge in [-0.05, 0) is 46.0 Å². The largest absolute Gasteiger partial charge is 0.361 e. The van der Waals surface area contributed by atoms with Gasteiger partial charge in [-0.25, -0.2) is 0 Å². The van der Waals surface area contributed by atoms with Crippen LogP contribution in [0.25, 0.3) is 0 Å². The van der Waals surface area contributed by atoms with E-state index in [-0.39, 0.29) is 0 Å². The first-order valence-electron chi connectivity index (χ1n) is 7.75. The zero-order valence-electron chi connectivity index (χ0n) is 13.3. The van der Waals surface area contributed by atoms with Gasteiger partial charge in [-0.3, -0.25) is 4.99 Å². The molecule has 0 fully saturated rings. The predicted molar refractivity (Wildman–Crippen MR) is 85.3 cm³/mol. The van der Waals surface area contributed by atoms with Crippen LogP contribution in [0.1, 0.15) is 49.1 Å². The molecular formula is C16H26N4O. The van der Waals surface area contributed by atoms with Gasteiger partial charge in [-0.1, -0.05) is 16.8 Å². The zero-order valence-corrected chi connectivity index (χ0v) is 13.3. The van der Waals surface area contributed by atoms with E-state index < -0.39 is 0 Å². The van der Waals surface area contributed by atoms with E-state index in [1.165, 1.54) is 25.7 Å². The molecule has 1 aliphatic carbocycles. The number of aliphatic imine (C=N–C) groups is 1. The molecule has 0 saturated carbocycles. The van der Waals surface area contributed by atoms with E-state index in [4.69, 9.17) is 4.52 Å². The summed E-state index contributed by atoms with van der Waals surface area (Å²) in [4.78, 5) is 4.25. The first-order valence-corrected chi connectivity index (χ1v) is 7.75. The lowest BCUT2D eigenvalue weighted by Gasteiger charge is -2.15. The van der Waals surface area contributed by atoms with Gasteiger partial charge in [0.2, 0.25) is 0 Å². The van der Waals surface area contributed by atoms with Crippen molar-refractivity contribution in [2.24, 2.45) is 4.99 Å². The summed E-state index contributed by atoms with van der Waals surface area (Å²) < 4.78 is 5.16. The van der Waals surface area contributed by atoms with Crippen molar-refractivity contribution in [3.8, 4) is 0 Å². The second kappa shape index (κ2) is 7.86. The fourth-order valence-electron chi connectivity index (χ4n) is 2.62. The number of hydrogen-bond acceptors (Lipinski definition) is 3. The van der Waals surface area contributed by atoms with Gasteiger partial charge >= 0.3 is 0 Å². The Balaban J connectivity index is 1.75. The number of aromatic nitrogens is 1. The van der Waals surface area contributed by atoms with Crippen LogP contribution >= 0.6 is 0 Å². The molecule has 1 heterocycles. The first kappa shape index (κ1) is 15.6. The van der Waals surface area contributed by atoms with Crippen LogP contribution in [-0.4, -0.2) is 24.7 Å². The van der Waals surface area contributed by atoms with Crippen molar-refractivity contribution < 1.29 is 4.52 Å². The Kier molecular flexibility index (Phi) is 5.84. The molecule has 2 N–H and O–H groups in total. The first-order chi connectivity index (χ1) is 10.2. The summed E-state index contributed by atoms with van der Waals surface area (Å²) in [6.07, 6.45) is 8.68. The predicted octanol–water partition coefficient (Wildman–Crippen LogP) is 2.85. The number of guanidine groups is 1. The second-order valence-corrected chi connectivity index (χ2v) is 5.51. The maximum atomic E-state index is 5.16. The molecule has 5 heteroatoms. The fourth-order valence-corrected chi connectivity index (χ4v) is 2.62. The lowest BCUT2D eigenvalue weighted by molar-refractivity contribution is 0.392. The molecule has 5 nitrogen and oxygen atoms in total. The lowest BCUT2D eigenvalue weighted by atomic mass is 9.97. The summed E-state index contributed by atoms with van der Waals surface area (Å²) in [5, 5.41) is 10.6. The van der Waals surface area contributed by atoms with Crippen LogP contribution < -0.4 is 10.6 Å². The summed E-state index contributed by atoms with van der Waals surface area (Å²) in [7, 11) is 1.79. The highest BCUT2D eigenvalue weighted by Gasteiger charge is 2.09. The molecule has 1 aliphatic rings. The molecule has 1 aromatic heterocycles. The highest BCUT2D eigenvalue weighted by atomic mass is 16.5. The second-order valence-electron chi connectivity index (χ2n) is 5.51. The fraction of sp³-hybridized carbons (Fsp3) is 0.625. The van der Waals surface area contributed by atoms with Crippen LogP contribution in [0.5, 0.6) is 0 Å².